The molecule has 0 aromatic heterocycles. The summed E-state index contributed by atoms with van der Waals surface area (Å²) in [5.41, 5.74) is 1.69. The monoisotopic (exact) mass is 153 g/mol. The minimum Gasteiger partial charge on any atom is -0.292 e. The lowest BCUT2D eigenvalue weighted by atomic mass is 10.1. The molecule has 0 bridgehead atoms. The van der Waals surface area contributed by atoms with Gasteiger partial charge in [0.05, 0.1) is 0 Å². The summed E-state index contributed by atoms with van der Waals surface area (Å²) in [6.07, 6.45) is 1.18. The van der Waals surface area contributed by atoms with E-state index in [2.05, 4.69) is 39.2 Å². The molecule has 0 aromatic rings. The average molecular weight is 153 g/mol. The Hall–Kier alpha value is -0.300. The molecule has 64 valence electrons. The summed E-state index contributed by atoms with van der Waals surface area (Å²) in [7, 11) is 0. The molecule has 0 spiro atoms. The van der Waals surface area contributed by atoms with Crippen LogP contribution in [0, 0.1) is 0 Å². The molecule has 11 heavy (non-hydrogen) atoms. The second kappa shape index (κ2) is 2.63. The van der Waals surface area contributed by atoms with Gasteiger partial charge in [0.2, 0.25) is 0 Å². The van der Waals surface area contributed by atoms with Crippen molar-refractivity contribution in [3.8, 4) is 0 Å². The van der Waals surface area contributed by atoms with Crippen LogP contribution < -0.4 is 0 Å². The van der Waals surface area contributed by atoms with E-state index in [-0.39, 0.29) is 0 Å². The lowest BCUT2D eigenvalue weighted by molar-refractivity contribution is 0.132. The molecule has 0 aromatic carbocycles. The zero-order chi connectivity index (χ0) is 8.65. The van der Waals surface area contributed by atoms with Gasteiger partial charge in [0.25, 0.3) is 0 Å². The molecule has 1 atom stereocenters. The largest absolute Gasteiger partial charge is 0.292 e. The highest BCUT2D eigenvalue weighted by molar-refractivity contribution is 5.09. The van der Waals surface area contributed by atoms with Gasteiger partial charge in [-0.25, -0.2) is 0 Å². The fourth-order valence-electron chi connectivity index (χ4n) is 1.89. The summed E-state index contributed by atoms with van der Waals surface area (Å²) < 4.78 is 0. The van der Waals surface area contributed by atoms with Crippen molar-refractivity contribution in [3.05, 3.63) is 12.2 Å². The predicted molar refractivity (Wildman–Crippen MR) is 49.7 cm³/mol. The zero-order valence-corrected chi connectivity index (χ0v) is 8.15. The van der Waals surface area contributed by atoms with Crippen LogP contribution in [0.3, 0.4) is 0 Å². The van der Waals surface area contributed by atoms with E-state index in [0.717, 1.165) is 6.54 Å². The van der Waals surface area contributed by atoms with Crippen molar-refractivity contribution in [2.75, 3.05) is 6.54 Å². The van der Waals surface area contributed by atoms with Gasteiger partial charge in [-0.05, 0) is 34.1 Å². The number of rotatable bonds is 0. The maximum atomic E-state index is 4.03. The van der Waals surface area contributed by atoms with Crippen molar-refractivity contribution in [1.29, 1.82) is 0 Å². The Morgan fingerprint density at radius 1 is 1.45 bits per heavy atom. The summed E-state index contributed by atoms with van der Waals surface area (Å²) in [5, 5.41) is 0. The van der Waals surface area contributed by atoms with E-state index in [9.17, 15) is 0 Å². The molecule has 1 heterocycles. The first kappa shape index (κ1) is 8.79. The molecule has 1 nitrogen and oxygen atoms in total. The number of hydrogen-bond donors (Lipinski definition) is 0. The standard InChI is InChI=1S/C10H19N/c1-8-6-9(2)11(7-8)10(3,4)5/h9H,1,6-7H2,2-5H3/t9-/m0/s1. The quantitative estimate of drug-likeness (QED) is 0.483. The van der Waals surface area contributed by atoms with Gasteiger partial charge < -0.3 is 0 Å². The molecule has 0 radical (unpaired) electrons. The second-order valence-corrected chi connectivity index (χ2v) is 4.60. The van der Waals surface area contributed by atoms with Crippen molar-refractivity contribution < 1.29 is 0 Å². The van der Waals surface area contributed by atoms with Crippen LogP contribution in [0.1, 0.15) is 34.1 Å². The van der Waals surface area contributed by atoms with Crippen LogP contribution in [0.5, 0.6) is 0 Å². The van der Waals surface area contributed by atoms with Crippen LogP contribution >= 0.6 is 0 Å². The first-order valence-corrected chi connectivity index (χ1v) is 4.34. The van der Waals surface area contributed by atoms with E-state index < -0.39 is 0 Å². The van der Waals surface area contributed by atoms with Crippen LogP contribution in [0.15, 0.2) is 12.2 Å². The Kier molecular flexibility index (Phi) is 2.10. The normalized spacial score (nSPS) is 28.0. The molecule has 1 heteroatoms. The van der Waals surface area contributed by atoms with Gasteiger partial charge in [0.1, 0.15) is 0 Å². The Labute approximate surface area is 70.1 Å². The topological polar surface area (TPSA) is 3.24 Å². The van der Waals surface area contributed by atoms with Crippen molar-refractivity contribution in [1.82, 2.24) is 4.90 Å². The highest BCUT2D eigenvalue weighted by Crippen LogP contribution is 2.28. The smallest absolute Gasteiger partial charge is 0.0198 e. The maximum absolute atomic E-state index is 4.03. The van der Waals surface area contributed by atoms with E-state index in [1.807, 2.05) is 0 Å². The van der Waals surface area contributed by atoms with Crippen LogP contribution in [-0.2, 0) is 0 Å². The van der Waals surface area contributed by atoms with Gasteiger partial charge >= 0.3 is 0 Å². The third kappa shape index (κ3) is 1.84. The molecule has 0 amide bonds. The SMILES string of the molecule is C=C1C[C@H](C)N(C(C)(C)C)C1. The maximum Gasteiger partial charge on any atom is 0.0198 e. The summed E-state index contributed by atoms with van der Waals surface area (Å²) in [5.74, 6) is 0. The molecule has 0 unspecified atom stereocenters. The molecule has 0 aliphatic carbocycles. The van der Waals surface area contributed by atoms with Crippen molar-refractivity contribution in [2.45, 2.75) is 45.7 Å². The molecule has 1 fully saturated rings. The molecule has 1 saturated heterocycles. The Morgan fingerprint density at radius 3 is 2.18 bits per heavy atom. The molecular formula is C10H19N. The first-order chi connectivity index (χ1) is 4.91. The third-order valence-corrected chi connectivity index (χ3v) is 2.37. The predicted octanol–water partition coefficient (Wildman–Crippen LogP) is 2.44. The second-order valence-electron chi connectivity index (χ2n) is 4.60. The molecule has 1 aliphatic heterocycles. The van der Waals surface area contributed by atoms with E-state index in [0.29, 0.717) is 11.6 Å². The lowest BCUT2D eigenvalue weighted by Crippen LogP contribution is -2.43. The Bertz CT molecular complexity index is 164. The fraction of sp³-hybridized carbons (Fsp3) is 0.800. The van der Waals surface area contributed by atoms with Gasteiger partial charge in [0, 0.05) is 18.1 Å². The van der Waals surface area contributed by atoms with E-state index in [1.165, 1.54) is 12.0 Å². The van der Waals surface area contributed by atoms with E-state index in [1.54, 1.807) is 0 Å². The fourth-order valence-corrected chi connectivity index (χ4v) is 1.89. The van der Waals surface area contributed by atoms with E-state index >= 15 is 0 Å². The molecular weight excluding hydrogens is 134 g/mol. The van der Waals surface area contributed by atoms with Gasteiger partial charge in [-0.3, -0.25) is 4.90 Å². The number of nitrogens with zero attached hydrogens (tertiary/aromatic N) is 1. The van der Waals surface area contributed by atoms with Gasteiger partial charge in [-0.2, -0.15) is 0 Å². The lowest BCUT2D eigenvalue weighted by Gasteiger charge is -2.35. The summed E-state index contributed by atoms with van der Waals surface area (Å²) in [6, 6.07) is 0.683. The summed E-state index contributed by atoms with van der Waals surface area (Å²) >= 11 is 0. The average Bonchev–Trinajstić information content (AvgIpc) is 2.08. The number of likely N-dealkylation sites (tertiary alicyclic amines) is 1. The third-order valence-electron chi connectivity index (χ3n) is 2.37. The van der Waals surface area contributed by atoms with Crippen molar-refractivity contribution in [2.24, 2.45) is 0 Å². The zero-order valence-electron chi connectivity index (χ0n) is 8.15. The van der Waals surface area contributed by atoms with E-state index in [4.69, 9.17) is 0 Å². The Morgan fingerprint density at radius 2 is 2.00 bits per heavy atom. The summed E-state index contributed by atoms with van der Waals surface area (Å²) in [4.78, 5) is 2.51. The first-order valence-electron chi connectivity index (χ1n) is 4.34. The van der Waals surface area contributed by atoms with Crippen LogP contribution in [0.25, 0.3) is 0 Å². The van der Waals surface area contributed by atoms with Crippen LogP contribution in [0.2, 0.25) is 0 Å². The van der Waals surface area contributed by atoms with Gasteiger partial charge in [-0.1, -0.05) is 12.2 Å². The molecule has 0 saturated carbocycles. The minimum atomic E-state index is 0.304. The molecule has 1 aliphatic rings. The molecule has 1 rings (SSSR count). The number of hydrogen-bond acceptors (Lipinski definition) is 1. The van der Waals surface area contributed by atoms with Crippen LogP contribution in [-0.4, -0.2) is 23.0 Å². The molecule has 0 N–H and O–H groups in total. The van der Waals surface area contributed by atoms with Gasteiger partial charge in [-0.15, -0.1) is 0 Å². The minimum absolute atomic E-state index is 0.304. The van der Waals surface area contributed by atoms with Crippen LogP contribution in [0.4, 0.5) is 0 Å². The van der Waals surface area contributed by atoms with Crippen molar-refractivity contribution in [3.63, 3.8) is 0 Å². The highest BCUT2D eigenvalue weighted by atomic mass is 15.2. The van der Waals surface area contributed by atoms with Crippen molar-refractivity contribution >= 4 is 0 Å². The Balaban J connectivity index is 2.67. The summed E-state index contributed by atoms with van der Waals surface area (Å²) in [6.45, 7) is 14.2. The van der Waals surface area contributed by atoms with Gasteiger partial charge in [0.15, 0.2) is 0 Å². The highest BCUT2D eigenvalue weighted by Gasteiger charge is 2.31.